The van der Waals surface area contributed by atoms with Crippen molar-refractivity contribution >= 4 is 11.6 Å². The van der Waals surface area contributed by atoms with E-state index in [0.29, 0.717) is 29.0 Å². The monoisotopic (exact) mass is 443 g/mol. The Bertz CT molecular complexity index is 1060. The van der Waals surface area contributed by atoms with Gasteiger partial charge < -0.3 is 19.3 Å². The quantitative estimate of drug-likeness (QED) is 0.642. The maximum absolute atomic E-state index is 7.57. The fraction of sp³-hybridized carbons (Fsp3) is 0.391. The standard InChI is InChI=1S/C21H20ClN3O3.C2H6O/c1-26-17-5-3-4-14(20(17)27-2)19-15-10-13(22)8-9-16(15)25-18(11-28-19)23-24-21(25)12-6-7-12;1-2-3/h3-5,8-10,12,19H,6-7,11H2,1-2H3;3H,2H2,1H3. The highest BCUT2D eigenvalue weighted by atomic mass is 35.5. The van der Waals surface area contributed by atoms with E-state index in [4.69, 9.17) is 30.9 Å². The third kappa shape index (κ3) is 4.13. The summed E-state index contributed by atoms with van der Waals surface area (Å²) in [6.45, 7) is 2.27. The maximum atomic E-state index is 7.57. The molecule has 0 radical (unpaired) electrons. The third-order valence-corrected chi connectivity index (χ3v) is 5.54. The number of rotatable bonds is 4. The van der Waals surface area contributed by atoms with Gasteiger partial charge in [0.25, 0.3) is 0 Å². The van der Waals surface area contributed by atoms with E-state index in [1.807, 2.05) is 36.4 Å². The minimum Gasteiger partial charge on any atom is -0.493 e. The fourth-order valence-electron chi connectivity index (χ4n) is 3.85. The summed E-state index contributed by atoms with van der Waals surface area (Å²) in [6.07, 6.45) is 1.93. The Morgan fingerprint density at radius 1 is 1.13 bits per heavy atom. The molecule has 0 amide bonds. The Kier molecular flexibility index (Phi) is 6.46. The van der Waals surface area contributed by atoms with Crippen molar-refractivity contribution in [3.05, 3.63) is 64.2 Å². The summed E-state index contributed by atoms with van der Waals surface area (Å²) in [4.78, 5) is 0. The summed E-state index contributed by atoms with van der Waals surface area (Å²) in [7, 11) is 3.26. The number of benzene rings is 2. The molecule has 1 unspecified atom stereocenters. The molecule has 31 heavy (non-hydrogen) atoms. The molecule has 0 bridgehead atoms. The lowest BCUT2D eigenvalue weighted by molar-refractivity contribution is 0.0636. The molecule has 5 rings (SSSR count). The first kappa shape index (κ1) is 21.6. The molecule has 0 spiro atoms. The van der Waals surface area contributed by atoms with Crippen molar-refractivity contribution < 1.29 is 19.3 Å². The Morgan fingerprint density at radius 2 is 1.90 bits per heavy atom. The summed E-state index contributed by atoms with van der Waals surface area (Å²) in [5.41, 5.74) is 2.84. The number of methoxy groups -OCH3 is 2. The van der Waals surface area contributed by atoms with Crippen molar-refractivity contribution in [1.29, 1.82) is 0 Å². The number of hydrogen-bond acceptors (Lipinski definition) is 6. The van der Waals surface area contributed by atoms with Crippen LogP contribution in [0, 0.1) is 0 Å². The first-order chi connectivity index (χ1) is 15.1. The molecular weight excluding hydrogens is 418 g/mol. The number of ether oxygens (including phenoxy) is 3. The second kappa shape index (κ2) is 9.26. The van der Waals surface area contributed by atoms with E-state index in [1.165, 1.54) is 0 Å². The Morgan fingerprint density at radius 3 is 2.58 bits per heavy atom. The normalized spacial score (nSPS) is 17.0. The van der Waals surface area contributed by atoms with Crippen molar-refractivity contribution in [2.75, 3.05) is 20.8 Å². The Balaban J connectivity index is 0.000000730. The van der Waals surface area contributed by atoms with E-state index in [1.54, 1.807) is 21.1 Å². The zero-order chi connectivity index (χ0) is 22.0. The van der Waals surface area contributed by atoms with E-state index in [-0.39, 0.29) is 12.7 Å². The van der Waals surface area contributed by atoms with Crippen molar-refractivity contribution in [2.45, 2.75) is 38.4 Å². The average Bonchev–Trinajstić information content (AvgIpc) is 3.56. The summed E-state index contributed by atoms with van der Waals surface area (Å²) in [5, 5.41) is 17.1. The van der Waals surface area contributed by atoms with Gasteiger partial charge in [-0.25, -0.2) is 0 Å². The van der Waals surface area contributed by atoms with Crippen LogP contribution in [0.5, 0.6) is 11.5 Å². The first-order valence-corrected chi connectivity index (χ1v) is 10.7. The van der Waals surface area contributed by atoms with Gasteiger partial charge in [0.15, 0.2) is 17.3 Å². The van der Waals surface area contributed by atoms with Gasteiger partial charge >= 0.3 is 0 Å². The minimum atomic E-state index is -0.368. The number of aromatic nitrogens is 3. The van der Waals surface area contributed by atoms with E-state index in [0.717, 1.165) is 41.3 Å². The third-order valence-electron chi connectivity index (χ3n) is 5.31. The Hall–Kier alpha value is -2.61. The molecule has 164 valence electrons. The van der Waals surface area contributed by atoms with Crippen LogP contribution in [0.25, 0.3) is 5.69 Å². The number of nitrogens with zero attached hydrogens (tertiary/aromatic N) is 3. The molecule has 1 saturated carbocycles. The largest absolute Gasteiger partial charge is 0.493 e. The summed E-state index contributed by atoms with van der Waals surface area (Å²) >= 11 is 6.38. The lowest BCUT2D eigenvalue weighted by Gasteiger charge is -2.22. The number of aliphatic hydroxyl groups excluding tert-OH is 1. The number of aliphatic hydroxyl groups is 1. The average molecular weight is 444 g/mol. The minimum absolute atomic E-state index is 0.250. The molecule has 1 fully saturated rings. The van der Waals surface area contributed by atoms with Gasteiger partial charge in [0.2, 0.25) is 0 Å². The highest BCUT2D eigenvalue weighted by molar-refractivity contribution is 6.30. The van der Waals surface area contributed by atoms with Gasteiger partial charge in [-0.3, -0.25) is 4.57 Å². The molecular formula is C23H26ClN3O4. The van der Waals surface area contributed by atoms with Crippen LogP contribution >= 0.6 is 11.6 Å². The van der Waals surface area contributed by atoms with Crippen LogP contribution in [0.2, 0.25) is 5.02 Å². The predicted molar refractivity (Wildman–Crippen MR) is 117 cm³/mol. The molecule has 0 saturated heterocycles. The van der Waals surface area contributed by atoms with Gasteiger partial charge in [-0.15, -0.1) is 10.2 Å². The predicted octanol–water partition coefficient (Wildman–Crippen LogP) is 4.43. The molecule has 2 heterocycles. The molecule has 3 aromatic rings. The fourth-order valence-corrected chi connectivity index (χ4v) is 4.04. The molecule has 2 aromatic carbocycles. The summed E-state index contributed by atoms with van der Waals surface area (Å²) < 4.78 is 19.6. The van der Waals surface area contributed by atoms with Crippen molar-refractivity contribution in [3.8, 4) is 17.2 Å². The van der Waals surface area contributed by atoms with Gasteiger partial charge in [-0.05, 0) is 44.0 Å². The van der Waals surface area contributed by atoms with E-state index >= 15 is 0 Å². The molecule has 1 N–H and O–H groups in total. The Labute approximate surface area is 186 Å². The van der Waals surface area contributed by atoms with Crippen molar-refractivity contribution in [3.63, 3.8) is 0 Å². The summed E-state index contributed by atoms with van der Waals surface area (Å²) in [6, 6.07) is 11.7. The summed E-state index contributed by atoms with van der Waals surface area (Å²) in [5.74, 6) is 3.58. The van der Waals surface area contributed by atoms with Crippen molar-refractivity contribution in [2.24, 2.45) is 0 Å². The molecule has 1 aliphatic heterocycles. The highest BCUT2D eigenvalue weighted by Crippen LogP contribution is 2.45. The molecule has 7 nitrogen and oxygen atoms in total. The number of halogens is 1. The van der Waals surface area contributed by atoms with E-state index in [9.17, 15) is 0 Å². The van der Waals surface area contributed by atoms with Crippen LogP contribution in [0.4, 0.5) is 0 Å². The molecule has 1 aromatic heterocycles. The second-order valence-corrected chi connectivity index (χ2v) is 7.81. The van der Waals surface area contributed by atoms with Crippen LogP contribution in [-0.4, -0.2) is 40.7 Å². The van der Waals surface area contributed by atoms with Crippen LogP contribution in [0.15, 0.2) is 36.4 Å². The van der Waals surface area contributed by atoms with Gasteiger partial charge in [0.1, 0.15) is 18.5 Å². The number of hydrogen-bond donors (Lipinski definition) is 1. The van der Waals surface area contributed by atoms with Crippen LogP contribution in [-0.2, 0) is 11.3 Å². The van der Waals surface area contributed by atoms with E-state index < -0.39 is 0 Å². The van der Waals surface area contributed by atoms with Gasteiger partial charge in [0, 0.05) is 28.7 Å². The van der Waals surface area contributed by atoms with Gasteiger partial charge in [-0.2, -0.15) is 0 Å². The second-order valence-electron chi connectivity index (χ2n) is 7.38. The number of fused-ring (bicyclic) bond motifs is 3. The van der Waals surface area contributed by atoms with Crippen LogP contribution in [0.3, 0.4) is 0 Å². The van der Waals surface area contributed by atoms with Crippen LogP contribution in [0.1, 0.15) is 54.6 Å². The molecule has 1 atom stereocenters. The van der Waals surface area contributed by atoms with Crippen molar-refractivity contribution in [1.82, 2.24) is 14.8 Å². The van der Waals surface area contributed by atoms with E-state index in [2.05, 4.69) is 14.8 Å². The zero-order valence-electron chi connectivity index (χ0n) is 17.8. The smallest absolute Gasteiger partial charge is 0.166 e. The molecule has 1 aliphatic carbocycles. The highest BCUT2D eigenvalue weighted by Gasteiger charge is 2.35. The lowest BCUT2D eigenvalue weighted by atomic mass is 9.98. The zero-order valence-corrected chi connectivity index (χ0v) is 18.6. The lowest BCUT2D eigenvalue weighted by Crippen LogP contribution is -2.09. The van der Waals surface area contributed by atoms with Crippen LogP contribution < -0.4 is 9.47 Å². The number of para-hydroxylation sites is 1. The van der Waals surface area contributed by atoms with Gasteiger partial charge in [-0.1, -0.05) is 23.7 Å². The van der Waals surface area contributed by atoms with Gasteiger partial charge in [0.05, 0.1) is 19.9 Å². The topological polar surface area (TPSA) is 78.6 Å². The maximum Gasteiger partial charge on any atom is 0.166 e. The molecule has 8 heteroatoms. The first-order valence-electron chi connectivity index (χ1n) is 10.3. The molecule has 2 aliphatic rings. The SMILES string of the molecule is CCO.COc1cccc(C2OCc3nnc(C4CC4)n3-c3ccc(Cl)cc32)c1OC.